The first kappa shape index (κ1) is 15.9. The second-order valence-corrected chi connectivity index (χ2v) is 7.34. The van der Waals surface area contributed by atoms with Gasteiger partial charge in [0.25, 0.3) is 5.91 Å². The van der Waals surface area contributed by atoms with Gasteiger partial charge in [-0.2, -0.15) is 0 Å². The zero-order chi connectivity index (χ0) is 16.6. The predicted octanol–water partition coefficient (Wildman–Crippen LogP) is 1.46. The van der Waals surface area contributed by atoms with Crippen molar-refractivity contribution < 1.29 is 14.4 Å². The number of thioether (sulfide) groups is 1. The van der Waals surface area contributed by atoms with Crippen LogP contribution in [0, 0.1) is 5.92 Å². The Labute approximate surface area is 138 Å². The van der Waals surface area contributed by atoms with Gasteiger partial charge in [0.2, 0.25) is 11.8 Å². The van der Waals surface area contributed by atoms with Gasteiger partial charge < -0.3 is 16.0 Å². The van der Waals surface area contributed by atoms with Crippen LogP contribution < -0.4 is 11.1 Å². The minimum absolute atomic E-state index is 0.0566. The summed E-state index contributed by atoms with van der Waals surface area (Å²) in [6.07, 6.45) is 1.50. The van der Waals surface area contributed by atoms with Gasteiger partial charge in [0, 0.05) is 23.5 Å². The molecule has 2 aliphatic rings. The number of anilines is 1. The summed E-state index contributed by atoms with van der Waals surface area (Å²) in [5.41, 5.74) is 6.55. The Hall–Kier alpha value is -2.02. The normalized spacial score (nSPS) is 23.9. The van der Waals surface area contributed by atoms with Crippen LogP contribution in [0.25, 0.3) is 0 Å². The summed E-state index contributed by atoms with van der Waals surface area (Å²) in [5, 5.41) is 2.69. The fourth-order valence-corrected chi connectivity index (χ4v) is 3.85. The minimum atomic E-state index is -0.356. The molecule has 23 heavy (non-hydrogen) atoms. The van der Waals surface area contributed by atoms with Crippen molar-refractivity contribution in [1.82, 2.24) is 4.90 Å². The van der Waals surface area contributed by atoms with Crippen molar-refractivity contribution in [1.29, 1.82) is 0 Å². The number of hydrogen-bond donors (Lipinski definition) is 2. The van der Waals surface area contributed by atoms with Crippen LogP contribution in [0.1, 0.15) is 30.1 Å². The fourth-order valence-electron chi connectivity index (χ4n) is 2.92. The van der Waals surface area contributed by atoms with Gasteiger partial charge in [-0.05, 0) is 38.0 Å². The van der Waals surface area contributed by atoms with E-state index in [2.05, 4.69) is 5.32 Å². The molecule has 0 bridgehead atoms. The van der Waals surface area contributed by atoms with E-state index >= 15 is 0 Å². The Morgan fingerprint density at radius 3 is 2.91 bits per heavy atom. The molecule has 0 aromatic heterocycles. The average molecular weight is 333 g/mol. The number of nitrogens with two attached hydrogens (primary N) is 1. The number of nitrogens with zero attached hydrogens (tertiary/aromatic N) is 1. The molecule has 2 aliphatic heterocycles. The molecule has 122 valence electrons. The largest absolute Gasteiger partial charge is 0.369 e. The van der Waals surface area contributed by atoms with Crippen molar-refractivity contribution in [3.8, 4) is 0 Å². The summed E-state index contributed by atoms with van der Waals surface area (Å²) in [6, 6.07) is 5.34. The monoisotopic (exact) mass is 333 g/mol. The fraction of sp³-hybridized carbons (Fsp3) is 0.438. The highest BCUT2D eigenvalue weighted by atomic mass is 32.2. The third kappa shape index (κ3) is 3.19. The van der Waals surface area contributed by atoms with Crippen LogP contribution in [0.5, 0.6) is 0 Å². The second-order valence-electron chi connectivity index (χ2n) is 5.95. The maximum atomic E-state index is 12.7. The lowest BCUT2D eigenvalue weighted by Gasteiger charge is -2.31. The van der Waals surface area contributed by atoms with Crippen LogP contribution in [0.4, 0.5) is 5.69 Å². The molecule has 1 fully saturated rings. The van der Waals surface area contributed by atoms with Gasteiger partial charge in [-0.1, -0.05) is 0 Å². The molecule has 3 N–H and O–H groups in total. The van der Waals surface area contributed by atoms with Crippen LogP contribution in [0.15, 0.2) is 23.1 Å². The number of rotatable bonds is 2. The number of likely N-dealkylation sites (tertiary alicyclic amines) is 1. The highest BCUT2D eigenvalue weighted by Crippen LogP contribution is 2.36. The van der Waals surface area contributed by atoms with E-state index in [4.69, 9.17) is 5.73 Å². The molecule has 3 amide bonds. The molecule has 0 radical (unpaired) electrons. The van der Waals surface area contributed by atoms with Gasteiger partial charge in [-0.25, -0.2) is 0 Å². The Kier molecular flexibility index (Phi) is 4.30. The van der Waals surface area contributed by atoms with E-state index < -0.39 is 0 Å². The molecule has 0 saturated carbocycles. The quantitative estimate of drug-likeness (QED) is 0.857. The van der Waals surface area contributed by atoms with Crippen molar-refractivity contribution >= 4 is 35.2 Å². The van der Waals surface area contributed by atoms with Crippen molar-refractivity contribution in [3.63, 3.8) is 0 Å². The number of amides is 3. The number of carbonyl (C=O) groups excluding carboxylic acids is 3. The molecule has 1 aromatic rings. The van der Waals surface area contributed by atoms with Crippen LogP contribution in [-0.4, -0.2) is 41.0 Å². The Balaban J connectivity index is 1.79. The van der Waals surface area contributed by atoms with Gasteiger partial charge in [-0.3, -0.25) is 14.4 Å². The Morgan fingerprint density at radius 2 is 2.17 bits per heavy atom. The van der Waals surface area contributed by atoms with Crippen molar-refractivity contribution in [3.05, 3.63) is 23.8 Å². The summed E-state index contributed by atoms with van der Waals surface area (Å²) < 4.78 is 0. The molecule has 2 unspecified atom stereocenters. The molecule has 3 rings (SSSR count). The van der Waals surface area contributed by atoms with Gasteiger partial charge in [0.1, 0.15) is 0 Å². The van der Waals surface area contributed by atoms with E-state index in [0.29, 0.717) is 24.3 Å². The van der Waals surface area contributed by atoms with Crippen LogP contribution in [0.2, 0.25) is 0 Å². The highest BCUT2D eigenvalue weighted by Gasteiger charge is 2.29. The van der Waals surface area contributed by atoms with Gasteiger partial charge >= 0.3 is 0 Å². The number of primary amides is 1. The summed E-state index contributed by atoms with van der Waals surface area (Å²) in [4.78, 5) is 38.4. The smallest absolute Gasteiger partial charge is 0.253 e. The molecule has 2 heterocycles. The first-order valence-electron chi connectivity index (χ1n) is 7.66. The van der Waals surface area contributed by atoms with E-state index in [0.717, 1.165) is 17.7 Å². The number of carbonyl (C=O) groups is 3. The van der Waals surface area contributed by atoms with Crippen LogP contribution in [-0.2, 0) is 9.59 Å². The summed E-state index contributed by atoms with van der Waals surface area (Å²) in [5.74, 6) is -0.817. The molecule has 2 atom stereocenters. The highest BCUT2D eigenvalue weighted by molar-refractivity contribution is 8.00. The second kappa shape index (κ2) is 6.23. The molecular weight excluding hydrogens is 314 g/mol. The summed E-state index contributed by atoms with van der Waals surface area (Å²) in [7, 11) is 0. The standard InChI is InChI=1S/C16H19N3O3S/c1-9-15(21)18-12-7-10(4-5-13(12)23-9)16(22)19-6-2-3-11(8-19)14(17)20/h4-5,7,9,11H,2-3,6,8H2,1H3,(H2,17,20)(H,18,21). The van der Waals surface area contributed by atoms with Crippen LogP contribution >= 0.6 is 11.8 Å². The van der Waals surface area contributed by atoms with E-state index in [9.17, 15) is 14.4 Å². The Bertz CT molecular complexity index is 677. The number of hydrogen-bond acceptors (Lipinski definition) is 4. The number of nitrogens with one attached hydrogen (secondary N) is 1. The minimum Gasteiger partial charge on any atom is -0.369 e. The lowest BCUT2D eigenvalue weighted by molar-refractivity contribution is -0.123. The molecule has 0 spiro atoms. The van der Waals surface area contributed by atoms with Crippen molar-refractivity contribution in [2.75, 3.05) is 18.4 Å². The SMILES string of the molecule is CC1Sc2ccc(C(=O)N3CCCC(C(N)=O)C3)cc2NC1=O. The summed E-state index contributed by atoms with van der Waals surface area (Å²) >= 11 is 1.48. The van der Waals surface area contributed by atoms with Gasteiger partial charge in [0.15, 0.2) is 0 Å². The average Bonchev–Trinajstić information content (AvgIpc) is 2.55. The lowest BCUT2D eigenvalue weighted by Crippen LogP contribution is -2.44. The maximum Gasteiger partial charge on any atom is 0.253 e. The van der Waals surface area contributed by atoms with E-state index in [1.807, 2.05) is 13.0 Å². The number of fused-ring (bicyclic) bond motifs is 1. The lowest BCUT2D eigenvalue weighted by atomic mass is 9.97. The summed E-state index contributed by atoms with van der Waals surface area (Å²) in [6.45, 7) is 2.83. The molecule has 1 saturated heterocycles. The number of benzene rings is 1. The third-order valence-corrected chi connectivity index (χ3v) is 5.45. The third-order valence-electron chi connectivity index (χ3n) is 4.27. The maximum absolute atomic E-state index is 12.7. The van der Waals surface area contributed by atoms with Crippen molar-refractivity contribution in [2.45, 2.75) is 29.9 Å². The topological polar surface area (TPSA) is 92.5 Å². The molecule has 7 heteroatoms. The number of piperidine rings is 1. The van der Waals surface area contributed by atoms with E-state index in [-0.39, 0.29) is 28.9 Å². The zero-order valence-electron chi connectivity index (χ0n) is 12.9. The van der Waals surface area contributed by atoms with Crippen molar-refractivity contribution in [2.24, 2.45) is 11.7 Å². The van der Waals surface area contributed by atoms with Gasteiger partial charge in [0.05, 0.1) is 16.9 Å². The Morgan fingerprint density at radius 1 is 1.39 bits per heavy atom. The van der Waals surface area contributed by atoms with Gasteiger partial charge in [-0.15, -0.1) is 11.8 Å². The molecule has 1 aromatic carbocycles. The van der Waals surface area contributed by atoms with Crippen LogP contribution in [0.3, 0.4) is 0 Å². The van der Waals surface area contributed by atoms with E-state index in [1.165, 1.54) is 11.8 Å². The predicted molar refractivity (Wildman–Crippen MR) is 88.2 cm³/mol. The molecule has 6 nitrogen and oxygen atoms in total. The molecule has 0 aliphatic carbocycles. The molecular formula is C16H19N3O3S. The van der Waals surface area contributed by atoms with E-state index in [1.54, 1.807) is 17.0 Å². The zero-order valence-corrected chi connectivity index (χ0v) is 13.7. The first-order chi connectivity index (χ1) is 11.0. The first-order valence-corrected chi connectivity index (χ1v) is 8.54.